The zero-order chi connectivity index (χ0) is 13.1. The molecule has 0 aromatic heterocycles. The molecule has 4 heteroatoms. The van der Waals surface area contributed by atoms with Gasteiger partial charge in [0.25, 0.3) is 0 Å². The van der Waals surface area contributed by atoms with E-state index in [4.69, 9.17) is 0 Å². The lowest BCUT2D eigenvalue weighted by Gasteiger charge is -2.21. The van der Waals surface area contributed by atoms with Crippen molar-refractivity contribution < 1.29 is 14.3 Å². The summed E-state index contributed by atoms with van der Waals surface area (Å²) in [6.45, 7) is 1.56. The minimum atomic E-state index is -1.14. The first-order chi connectivity index (χ1) is 8.61. The molecule has 0 fully saturated rings. The minimum absolute atomic E-state index is 0.309. The van der Waals surface area contributed by atoms with Crippen molar-refractivity contribution in [3.63, 3.8) is 0 Å². The van der Waals surface area contributed by atoms with Crippen LogP contribution in [0, 0.1) is 12.7 Å². The van der Waals surface area contributed by atoms with Crippen molar-refractivity contribution >= 4 is 17.5 Å². The molecule has 18 heavy (non-hydrogen) atoms. The molecule has 1 amide bonds. The van der Waals surface area contributed by atoms with Crippen LogP contribution < -0.4 is 4.90 Å². The lowest BCUT2D eigenvalue weighted by atomic mass is 10.1. The summed E-state index contributed by atoms with van der Waals surface area (Å²) < 4.78 is 13.5. The van der Waals surface area contributed by atoms with Gasteiger partial charge >= 0.3 is 6.09 Å². The molecule has 92 valence electrons. The van der Waals surface area contributed by atoms with Crippen LogP contribution in [0.4, 0.5) is 20.6 Å². The van der Waals surface area contributed by atoms with Crippen LogP contribution in [0.5, 0.6) is 0 Å². The van der Waals surface area contributed by atoms with E-state index in [1.165, 1.54) is 12.1 Å². The van der Waals surface area contributed by atoms with E-state index < -0.39 is 11.9 Å². The van der Waals surface area contributed by atoms with Gasteiger partial charge in [-0.2, -0.15) is 0 Å². The first-order valence-electron chi connectivity index (χ1n) is 5.44. The average molecular weight is 245 g/mol. The number of benzene rings is 2. The lowest BCUT2D eigenvalue weighted by molar-refractivity contribution is 0.204. The highest BCUT2D eigenvalue weighted by molar-refractivity contribution is 5.95. The summed E-state index contributed by atoms with van der Waals surface area (Å²) >= 11 is 0. The molecule has 0 atom stereocenters. The van der Waals surface area contributed by atoms with Crippen LogP contribution in [0.3, 0.4) is 0 Å². The maximum absolute atomic E-state index is 13.5. The molecule has 2 rings (SSSR count). The molecule has 0 saturated carbocycles. The second-order valence-electron chi connectivity index (χ2n) is 3.84. The maximum atomic E-state index is 13.5. The highest BCUT2D eigenvalue weighted by Gasteiger charge is 2.19. The predicted molar refractivity (Wildman–Crippen MR) is 67.7 cm³/mol. The summed E-state index contributed by atoms with van der Waals surface area (Å²) in [7, 11) is 0. The van der Waals surface area contributed by atoms with Gasteiger partial charge in [-0.05, 0) is 31.2 Å². The average Bonchev–Trinajstić information content (AvgIpc) is 2.36. The van der Waals surface area contributed by atoms with Crippen LogP contribution >= 0.6 is 0 Å². The Morgan fingerprint density at radius 1 is 1.11 bits per heavy atom. The van der Waals surface area contributed by atoms with Crippen LogP contribution in [-0.2, 0) is 0 Å². The van der Waals surface area contributed by atoms with Gasteiger partial charge in [-0.25, -0.2) is 14.1 Å². The molecule has 0 saturated heterocycles. The van der Waals surface area contributed by atoms with Gasteiger partial charge in [0.15, 0.2) is 0 Å². The molecule has 2 aromatic rings. The van der Waals surface area contributed by atoms with E-state index in [9.17, 15) is 14.3 Å². The van der Waals surface area contributed by atoms with Gasteiger partial charge in [0.05, 0.1) is 11.4 Å². The number of hydrogen-bond donors (Lipinski definition) is 1. The zero-order valence-electron chi connectivity index (χ0n) is 9.80. The Bertz CT molecular complexity index is 569. The third kappa shape index (κ3) is 2.18. The van der Waals surface area contributed by atoms with Crippen molar-refractivity contribution in [1.82, 2.24) is 0 Å². The van der Waals surface area contributed by atoms with E-state index in [1.807, 2.05) is 0 Å². The fourth-order valence-corrected chi connectivity index (χ4v) is 1.77. The lowest BCUT2D eigenvalue weighted by Crippen LogP contribution is -2.24. The molecule has 1 N–H and O–H groups in total. The molecule has 0 bridgehead atoms. The van der Waals surface area contributed by atoms with Crippen LogP contribution in [0.25, 0.3) is 0 Å². The number of halogens is 1. The Morgan fingerprint density at radius 3 is 2.39 bits per heavy atom. The van der Waals surface area contributed by atoms with Crippen molar-refractivity contribution in [1.29, 1.82) is 0 Å². The van der Waals surface area contributed by atoms with Crippen molar-refractivity contribution in [2.75, 3.05) is 4.90 Å². The minimum Gasteiger partial charge on any atom is -0.464 e. The van der Waals surface area contributed by atoms with Gasteiger partial charge in [0.1, 0.15) is 5.82 Å². The number of carboxylic acid groups (broad SMARTS) is 1. The first-order valence-corrected chi connectivity index (χ1v) is 5.44. The number of para-hydroxylation sites is 1. The third-order valence-corrected chi connectivity index (χ3v) is 2.69. The fourth-order valence-electron chi connectivity index (χ4n) is 1.77. The first kappa shape index (κ1) is 12.1. The molecular weight excluding hydrogens is 233 g/mol. The number of carbonyl (C=O) groups is 1. The van der Waals surface area contributed by atoms with Crippen molar-refractivity contribution in [3.05, 3.63) is 59.9 Å². The zero-order valence-corrected chi connectivity index (χ0v) is 9.80. The van der Waals surface area contributed by atoms with Gasteiger partial charge < -0.3 is 5.11 Å². The molecule has 0 aliphatic heterocycles. The van der Waals surface area contributed by atoms with E-state index in [-0.39, 0.29) is 0 Å². The van der Waals surface area contributed by atoms with E-state index in [1.54, 1.807) is 43.3 Å². The fraction of sp³-hybridized carbons (Fsp3) is 0.0714. The number of rotatable bonds is 2. The van der Waals surface area contributed by atoms with Crippen LogP contribution in [0.15, 0.2) is 48.5 Å². The van der Waals surface area contributed by atoms with E-state index >= 15 is 0 Å². The molecule has 3 nitrogen and oxygen atoms in total. The normalized spacial score (nSPS) is 10.1. The molecule has 2 aromatic carbocycles. The highest BCUT2D eigenvalue weighted by Crippen LogP contribution is 2.29. The molecular formula is C14H12FNO2. The Kier molecular flexibility index (Phi) is 3.28. The van der Waals surface area contributed by atoms with Gasteiger partial charge in [-0.1, -0.05) is 24.3 Å². The second kappa shape index (κ2) is 4.87. The molecule has 0 spiro atoms. The van der Waals surface area contributed by atoms with E-state index in [0.717, 1.165) is 4.90 Å². The van der Waals surface area contributed by atoms with Gasteiger partial charge in [-0.3, -0.25) is 0 Å². The van der Waals surface area contributed by atoms with Gasteiger partial charge in [0, 0.05) is 5.56 Å². The Labute approximate surface area is 104 Å². The molecule has 0 unspecified atom stereocenters. The van der Waals surface area contributed by atoms with Gasteiger partial charge in [0.2, 0.25) is 0 Å². The SMILES string of the molecule is Cc1c(F)cccc1N(C(=O)O)c1ccccc1. The maximum Gasteiger partial charge on any atom is 0.416 e. The van der Waals surface area contributed by atoms with E-state index in [0.29, 0.717) is 16.9 Å². The quantitative estimate of drug-likeness (QED) is 0.870. The Morgan fingerprint density at radius 2 is 1.78 bits per heavy atom. The van der Waals surface area contributed by atoms with Crippen molar-refractivity contribution in [2.45, 2.75) is 6.92 Å². The number of nitrogens with zero attached hydrogens (tertiary/aromatic N) is 1. The van der Waals surface area contributed by atoms with Gasteiger partial charge in [-0.15, -0.1) is 0 Å². The van der Waals surface area contributed by atoms with Crippen LogP contribution in [0.1, 0.15) is 5.56 Å². The summed E-state index contributed by atoms with van der Waals surface area (Å²) in [5.74, 6) is -0.422. The summed E-state index contributed by atoms with van der Waals surface area (Å²) in [6, 6.07) is 13.0. The van der Waals surface area contributed by atoms with Crippen molar-refractivity contribution in [2.24, 2.45) is 0 Å². The summed E-state index contributed by atoms with van der Waals surface area (Å²) in [4.78, 5) is 12.4. The number of hydrogen-bond acceptors (Lipinski definition) is 1. The second-order valence-corrected chi connectivity index (χ2v) is 3.84. The molecule has 0 heterocycles. The molecule has 0 radical (unpaired) electrons. The Balaban J connectivity index is 2.56. The van der Waals surface area contributed by atoms with E-state index in [2.05, 4.69) is 0 Å². The largest absolute Gasteiger partial charge is 0.464 e. The van der Waals surface area contributed by atoms with Crippen LogP contribution in [-0.4, -0.2) is 11.2 Å². The Hall–Kier alpha value is -2.36. The standard InChI is InChI=1S/C14H12FNO2/c1-10-12(15)8-5-9-13(10)16(14(17)18)11-6-3-2-4-7-11/h2-9H,1H3,(H,17,18). The summed E-state index contributed by atoms with van der Waals surface area (Å²) in [5.41, 5.74) is 1.12. The molecule has 0 aliphatic rings. The third-order valence-electron chi connectivity index (χ3n) is 2.69. The number of anilines is 2. The highest BCUT2D eigenvalue weighted by atomic mass is 19.1. The van der Waals surface area contributed by atoms with Crippen molar-refractivity contribution in [3.8, 4) is 0 Å². The number of amides is 1. The van der Waals surface area contributed by atoms with Crippen LogP contribution in [0.2, 0.25) is 0 Å². The monoisotopic (exact) mass is 245 g/mol. The topological polar surface area (TPSA) is 40.5 Å². The smallest absolute Gasteiger partial charge is 0.416 e. The predicted octanol–water partition coefficient (Wildman–Crippen LogP) is 3.95. The molecule has 0 aliphatic carbocycles. The summed E-state index contributed by atoms with van der Waals surface area (Å²) in [5, 5.41) is 9.30. The summed E-state index contributed by atoms with van der Waals surface area (Å²) in [6.07, 6.45) is -1.14.